The van der Waals surface area contributed by atoms with E-state index >= 15 is 0 Å². The van der Waals surface area contributed by atoms with Gasteiger partial charge in [-0.2, -0.15) is 10.2 Å². The van der Waals surface area contributed by atoms with Crippen LogP contribution in [-0.2, 0) is 4.79 Å². The molecule has 0 aliphatic heterocycles. The lowest BCUT2D eigenvalue weighted by Crippen LogP contribution is -2.24. The molecule has 0 aliphatic carbocycles. The third-order valence-corrected chi connectivity index (χ3v) is 5.18. The zero-order valence-corrected chi connectivity index (χ0v) is 20.1. The molecule has 1 aromatic heterocycles. The Labute approximate surface area is 213 Å². The summed E-state index contributed by atoms with van der Waals surface area (Å²) in [4.78, 5) is 22.8. The molecule has 0 spiro atoms. The van der Waals surface area contributed by atoms with Gasteiger partial charge in [0.05, 0.1) is 23.4 Å². The van der Waals surface area contributed by atoms with E-state index in [9.17, 15) is 14.9 Å². The van der Waals surface area contributed by atoms with E-state index in [1.165, 1.54) is 24.4 Å². The molecule has 1 heterocycles. The second kappa shape index (κ2) is 12.1. The maximum atomic E-state index is 12.2. The molecule has 0 fully saturated rings. The number of nitro groups is 1. The van der Waals surface area contributed by atoms with Crippen molar-refractivity contribution >= 4 is 17.8 Å². The van der Waals surface area contributed by atoms with E-state index in [0.717, 1.165) is 23.4 Å². The topological polar surface area (TPSA) is 121 Å². The van der Waals surface area contributed by atoms with E-state index in [2.05, 4.69) is 10.5 Å². The first kappa shape index (κ1) is 25.1. The van der Waals surface area contributed by atoms with Gasteiger partial charge >= 0.3 is 5.69 Å². The molecule has 0 unspecified atom stereocenters. The fourth-order valence-electron chi connectivity index (χ4n) is 3.43. The summed E-state index contributed by atoms with van der Waals surface area (Å²) in [6, 6.07) is 23.1. The quantitative estimate of drug-likeness (QED) is 0.180. The molecule has 0 atom stereocenters. The van der Waals surface area contributed by atoms with Crippen LogP contribution in [-0.4, -0.2) is 40.0 Å². The molecule has 0 saturated carbocycles. The van der Waals surface area contributed by atoms with Crippen molar-refractivity contribution < 1.29 is 19.2 Å². The van der Waals surface area contributed by atoms with Gasteiger partial charge in [0.15, 0.2) is 12.4 Å². The van der Waals surface area contributed by atoms with Crippen LogP contribution in [0.2, 0.25) is 0 Å². The summed E-state index contributed by atoms with van der Waals surface area (Å²) < 4.78 is 12.7. The lowest BCUT2D eigenvalue weighted by Gasteiger charge is -2.06. The molecule has 0 aliphatic rings. The second-order valence-corrected chi connectivity index (χ2v) is 7.89. The predicted molar refractivity (Wildman–Crippen MR) is 139 cm³/mol. The number of rotatable bonds is 11. The van der Waals surface area contributed by atoms with Gasteiger partial charge in [-0.1, -0.05) is 37.3 Å². The molecular formula is C27H25N5O5. The Kier molecular flexibility index (Phi) is 8.22. The van der Waals surface area contributed by atoms with Crippen LogP contribution in [0, 0.1) is 10.1 Å². The largest absolute Gasteiger partial charge is 0.494 e. The van der Waals surface area contributed by atoms with Crippen LogP contribution in [0.1, 0.15) is 18.9 Å². The molecule has 4 rings (SSSR count). The molecule has 10 heteroatoms. The minimum Gasteiger partial charge on any atom is -0.494 e. The van der Waals surface area contributed by atoms with E-state index in [1.807, 2.05) is 67.7 Å². The first-order valence-electron chi connectivity index (χ1n) is 11.6. The molecule has 1 N–H and O–H groups in total. The summed E-state index contributed by atoms with van der Waals surface area (Å²) in [7, 11) is 0. The second-order valence-electron chi connectivity index (χ2n) is 7.89. The van der Waals surface area contributed by atoms with Gasteiger partial charge in [0.1, 0.15) is 11.4 Å². The standard InChI is InChI=1S/C27H25N5O5/c1-2-16-36-23-14-12-20(13-15-23)27-21(18-31(30-27)22-8-4-3-5-9-22)17-28-29-26(33)19-37-25-11-7-6-10-24(25)32(34)35/h3-15,17-18H,2,16,19H2,1H3,(H,29,33)/b28-17+. The van der Waals surface area contributed by atoms with Crippen LogP contribution in [0.3, 0.4) is 0 Å². The number of hydrogen-bond acceptors (Lipinski definition) is 7. The van der Waals surface area contributed by atoms with Crippen LogP contribution in [0.4, 0.5) is 5.69 Å². The van der Waals surface area contributed by atoms with Gasteiger partial charge in [0, 0.05) is 23.4 Å². The summed E-state index contributed by atoms with van der Waals surface area (Å²) in [5, 5.41) is 19.9. The van der Waals surface area contributed by atoms with Crippen molar-refractivity contribution in [1.82, 2.24) is 15.2 Å². The SMILES string of the molecule is CCCOc1ccc(-c2nn(-c3ccccc3)cc2/C=N/NC(=O)COc2ccccc2[N+](=O)[O-])cc1. The molecule has 10 nitrogen and oxygen atoms in total. The van der Waals surface area contributed by atoms with Crippen LogP contribution in [0.5, 0.6) is 11.5 Å². The summed E-state index contributed by atoms with van der Waals surface area (Å²) in [6.45, 7) is 2.26. The van der Waals surface area contributed by atoms with Gasteiger partial charge in [0.25, 0.3) is 5.91 Å². The molecule has 3 aromatic carbocycles. The number of carbonyl (C=O) groups is 1. The number of carbonyl (C=O) groups excluding carboxylic acids is 1. The van der Waals surface area contributed by atoms with Crippen molar-refractivity contribution in [2.45, 2.75) is 13.3 Å². The lowest BCUT2D eigenvalue weighted by atomic mass is 10.1. The first-order chi connectivity index (χ1) is 18.0. The van der Waals surface area contributed by atoms with Crippen LogP contribution < -0.4 is 14.9 Å². The zero-order chi connectivity index (χ0) is 26.0. The highest BCUT2D eigenvalue weighted by Crippen LogP contribution is 2.26. The number of amides is 1. The molecular weight excluding hydrogens is 474 g/mol. The Morgan fingerprint density at radius 1 is 1.05 bits per heavy atom. The predicted octanol–water partition coefficient (Wildman–Crippen LogP) is 4.77. The molecule has 1 amide bonds. The smallest absolute Gasteiger partial charge is 0.310 e. The highest BCUT2D eigenvalue weighted by Gasteiger charge is 2.15. The molecule has 188 valence electrons. The Hall–Kier alpha value is -4.99. The van der Waals surface area contributed by atoms with Crippen LogP contribution in [0.15, 0.2) is 90.2 Å². The minimum atomic E-state index is -0.570. The van der Waals surface area contributed by atoms with Crippen molar-refractivity contribution in [2.75, 3.05) is 13.2 Å². The van der Waals surface area contributed by atoms with Crippen molar-refractivity contribution in [1.29, 1.82) is 0 Å². The van der Waals surface area contributed by atoms with Crippen LogP contribution in [0.25, 0.3) is 16.9 Å². The summed E-state index contributed by atoms with van der Waals surface area (Å²) in [6.07, 6.45) is 4.22. The number of benzene rings is 3. The average Bonchev–Trinajstić information content (AvgIpc) is 3.36. The maximum absolute atomic E-state index is 12.2. The third-order valence-electron chi connectivity index (χ3n) is 5.18. The first-order valence-corrected chi connectivity index (χ1v) is 11.6. The van der Waals surface area contributed by atoms with E-state index in [-0.39, 0.29) is 11.4 Å². The average molecular weight is 500 g/mol. The number of hydrazone groups is 1. The molecule has 0 saturated heterocycles. The van der Waals surface area contributed by atoms with E-state index in [1.54, 1.807) is 10.7 Å². The monoisotopic (exact) mass is 499 g/mol. The number of nitrogens with zero attached hydrogens (tertiary/aromatic N) is 4. The van der Waals surface area contributed by atoms with Gasteiger partial charge in [-0.25, -0.2) is 10.1 Å². The molecule has 4 aromatic rings. The highest BCUT2D eigenvalue weighted by atomic mass is 16.6. The zero-order valence-electron chi connectivity index (χ0n) is 20.1. The summed E-state index contributed by atoms with van der Waals surface area (Å²) in [5.41, 5.74) is 5.23. The Morgan fingerprint density at radius 3 is 2.51 bits per heavy atom. The fourth-order valence-corrected chi connectivity index (χ4v) is 3.43. The normalized spacial score (nSPS) is 10.8. The Morgan fingerprint density at radius 2 is 1.78 bits per heavy atom. The van der Waals surface area contributed by atoms with Gasteiger partial charge in [-0.05, 0) is 48.9 Å². The number of hydrogen-bond donors (Lipinski definition) is 1. The fraction of sp³-hybridized carbons (Fsp3) is 0.148. The Bertz CT molecular complexity index is 1380. The number of nitro benzene ring substituents is 1. The van der Waals surface area contributed by atoms with Gasteiger partial charge < -0.3 is 9.47 Å². The maximum Gasteiger partial charge on any atom is 0.310 e. The Balaban J connectivity index is 1.49. The van der Waals surface area contributed by atoms with Gasteiger partial charge in [-0.3, -0.25) is 14.9 Å². The van der Waals surface area contributed by atoms with Crippen molar-refractivity contribution in [2.24, 2.45) is 5.10 Å². The molecule has 37 heavy (non-hydrogen) atoms. The van der Waals surface area contributed by atoms with Crippen LogP contribution >= 0.6 is 0 Å². The van der Waals surface area contributed by atoms with E-state index < -0.39 is 17.4 Å². The molecule has 0 radical (unpaired) electrons. The summed E-state index contributed by atoms with van der Waals surface area (Å²) >= 11 is 0. The highest BCUT2D eigenvalue weighted by molar-refractivity contribution is 5.89. The number of para-hydroxylation sites is 3. The third kappa shape index (κ3) is 6.57. The minimum absolute atomic E-state index is 0.00409. The number of nitrogens with one attached hydrogen (secondary N) is 1. The van der Waals surface area contributed by atoms with E-state index in [0.29, 0.717) is 17.9 Å². The number of aromatic nitrogens is 2. The van der Waals surface area contributed by atoms with Gasteiger partial charge in [-0.15, -0.1) is 0 Å². The van der Waals surface area contributed by atoms with E-state index in [4.69, 9.17) is 14.6 Å². The van der Waals surface area contributed by atoms with Crippen molar-refractivity contribution in [3.05, 3.63) is 101 Å². The van der Waals surface area contributed by atoms with Crippen molar-refractivity contribution in [3.8, 4) is 28.4 Å². The lowest BCUT2D eigenvalue weighted by molar-refractivity contribution is -0.385. The number of ether oxygens (including phenoxy) is 2. The summed E-state index contributed by atoms with van der Waals surface area (Å²) in [5.74, 6) is 0.211. The molecule has 0 bridgehead atoms. The van der Waals surface area contributed by atoms with Gasteiger partial charge in [0.2, 0.25) is 0 Å². The van der Waals surface area contributed by atoms with Crippen molar-refractivity contribution in [3.63, 3.8) is 0 Å².